The van der Waals surface area contributed by atoms with E-state index in [0.717, 1.165) is 0 Å². The highest BCUT2D eigenvalue weighted by Gasteiger charge is 2.30. The maximum Gasteiger partial charge on any atom is 0.192 e. The molecule has 0 spiro atoms. The third kappa shape index (κ3) is 1.17. The van der Waals surface area contributed by atoms with Gasteiger partial charge in [-0.3, -0.25) is 9.59 Å². The minimum absolute atomic E-state index is 0.0875. The van der Waals surface area contributed by atoms with E-state index in [-0.39, 0.29) is 18.0 Å². The Morgan fingerprint density at radius 3 is 2.46 bits per heavy atom. The summed E-state index contributed by atoms with van der Waals surface area (Å²) in [5, 5.41) is 9.22. The van der Waals surface area contributed by atoms with E-state index in [1.165, 1.54) is 0 Å². The van der Waals surface area contributed by atoms with Crippen molar-refractivity contribution < 1.29 is 14.7 Å². The molecule has 0 bridgehead atoms. The van der Waals surface area contributed by atoms with Crippen LogP contribution in [0.4, 0.5) is 0 Å². The van der Waals surface area contributed by atoms with E-state index in [1.54, 1.807) is 24.3 Å². The lowest BCUT2D eigenvalue weighted by molar-refractivity contribution is 0.0653. The molecule has 1 aliphatic rings. The zero-order valence-corrected chi connectivity index (χ0v) is 6.86. The minimum atomic E-state index is -1.15. The number of carbonyl (C=O) groups is 2. The van der Waals surface area contributed by atoms with Crippen molar-refractivity contribution in [2.75, 3.05) is 0 Å². The molecule has 0 aromatic heterocycles. The maximum absolute atomic E-state index is 11.4. The number of aliphatic hydroxyl groups excluding tert-OH is 1. The lowest BCUT2D eigenvalue weighted by Crippen LogP contribution is -2.30. The molecule has 0 fully saturated rings. The summed E-state index contributed by atoms with van der Waals surface area (Å²) < 4.78 is 0. The number of hydrogen-bond donors (Lipinski definition) is 1. The van der Waals surface area contributed by atoms with Crippen LogP contribution in [0, 0.1) is 0 Å². The van der Waals surface area contributed by atoms with E-state index in [9.17, 15) is 14.7 Å². The Balaban J connectivity index is 2.60. The third-order valence-electron chi connectivity index (χ3n) is 2.17. The summed E-state index contributed by atoms with van der Waals surface area (Å²) in [6.45, 7) is 0. The summed E-state index contributed by atoms with van der Waals surface area (Å²) in [4.78, 5) is 22.7. The SMILES string of the molecule is O=C1C[C@H](O)C(=O)c2ccccc21. The van der Waals surface area contributed by atoms with Crippen molar-refractivity contribution >= 4 is 11.6 Å². The van der Waals surface area contributed by atoms with Crippen molar-refractivity contribution in [3.05, 3.63) is 35.4 Å². The standard InChI is InChI=1S/C10H8O3/c11-8-5-9(12)10(13)7-4-2-1-3-6(7)8/h1-4,9,12H,5H2/t9-/m0/s1. The molecule has 0 aliphatic heterocycles. The maximum atomic E-state index is 11.4. The number of rotatable bonds is 0. The summed E-state index contributed by atoms with van der Waals surface area (Å²) in [7, 11) is 0. The van der Waals surface area contributed by atoms with Gasteiger partial charge in [0.05, 0.1) is 0 Å². The monoisotopic (exact) mass is 176 g/mol. The first-order valence-electron chi connectivity index (χ1n) is 4.04. The van der Waals surface area contributed by atoms with E-state index < -0.39 is 6.10 Å². The van der Waals surface area contributed by atoms with Gasteiger partial charge < -0.3 is 5.11 Å². The lowest BCUT2D eigenvalue weighted by Gasteiger charge is -2.17. The van der Waals surface area contributed by atoms with Gasteiger partial charge in [0.1, 0.15) is 6.10 Å². The Kier molecular flexibility index (Phi) is 1.74. The van der Waals surface area contributed by atoms with E-state index in [0.29, 0.717) is 11.1 Å². The van der Waals surface area contributed by atoms with Gasteiger partial charge in [-0.2, -0.15) is 0 Å². The van der Waals surface area contributed by atoms with E-state index in [2.05, 4.69) is 0 Å². The third-order valence-corrected chi connectivity index (χ3v) is 2.17. The predicted octanol–water partition coefficient (Wildman–Crippen LogP) is 0.817. The first kappa shape index (κ1) is 8.13. The van der Waals surface area contributed by atoms with Crippen LogP contribution in [0.3, 0.4) is 0 Å². The molecule has 1 N–H and O–H groups in total. The average Bonchev–Trinajstić information content (AvgIpc) is 2.15. The molecule has 0 amide bonds. The van der Waals surface area contributed by atoms with Gasteiger partial charge >= 0.3 is 0 Å². The summed E-state index contributed by atoms with van der Waals surface area (Å²) in [5.41, 5.74) is 0.768. The number of fused-ring (bicyclic) bond motifs is 1. The molecule has 0 radical (unpaired) electrons. The molecule has 0 heterocycles. The van der Waals surface area contributed by atoms with Gasteiger partial charge in [0.25, 0.3) is 0 Å². The quantitative estimate of drug-likeness (QED) is 0.636. The van der Waals surface area contributed by atoms with Crippen LogP contribution < -0.4 is 0 Å². The molecule has 3 heteroatoms. The summed E-state index contributed by atoms with van der Waals surface area (Å²) >= 11 is 0. The van der Waals surface area contributed by atoms with Gasteiger partial charge in [-0.15, -0.1) is 0 Å². The predicted molar refractivity (Wildman–Crippen MR) is 45.7 cm³/mol. The Morgan fingerprint density at radius 2 is 1.77 bits per heavy atom. The van der Waals surface area contributed by atoms with Crippen molar-refractivity contribution in [1.29, 1.82) is 0 Å². The van der Waals surface area contributed by atoms with Crippen LogP contribution in [-0.4, -0.2) is 22.8 Å². The van der Waals surface area contributed by atoms with E-state index in [1.807, 2.05) is 0 Å². The normalized spacial score (nSPS) is 21.5. The first-order chi connectivity index (χ1) is 6.20. The Bertz CT molecular complexity index is 382. The first-order valence-corrected chi connectivity index (χ1v) is 4.04. The molecular weight excluding hydrogens is 168 g/mol. The summed E-state index contributed by atoms with van der Waals surface area (Å²) in [6, 6.07) is 6.57. The summed E-state index contributed by atoms with van der Waals surface area (Å²) in [6.07, 6.45) is -1.24. The highest BCUT2D eigenvalue weighted by atomic mass is 16.3. The minimum Gasteiger partial charge on any atom is -0.384 e. The van der Waals surface area contributed by atoms with E-state index >= 15 is 0 Å². The Hall–Kier alpha value is -1.48. The van der Waals surface area contributed by atoms with Crippen LogP contribution >= 0.6 is 0 Å². The highest BCUT2D eigenvalue weighted by Crippen LogP contribution is 2.20. The van der Waals surface area contributed by atoms with Gasteiger partial charge in [-0.1, -0.05) is 24.3 Å². The number of hydrogen-bond acceptors (Lipinski definition) is 3. The largest absolute Gasteiger partial charge is 0.384 e. The summed E-state index contributed by atoms with van der Waals surface area (Å²) in [5.74, 6) is -0.516. The molecular formula is C10H8O3. The van der Waals surface area contributed by atoms with E-state index in [4.69, 9.17) is 0 Å². The van der Waals surface area contributed by atoms with Crippen molar-refractivity contribution in [3.63, 3.8) is 0 Å². The topological polar surface area (TPSA) is 54.4 Å². The number of benzene rings is 1. The van der Waals surface area contributed by atoms with Crippen molar-refractivity contribution in [2.24, 2.45) is 0 Å². The van der Waals surface area contributed by atoms with Crippen LogP contribution in [0.25, 0.3) is 0 Å². The fourth-order valence-corrected chi connectivity index (χ4v) is 1.50. The second-order valence-electron chi connectivity index (χ2n) is 3.05. The van der Waals surface area contributed by atoms with Gasteiger partial charge in [0.15, 0.2) is 11.6 Å². The Labute approximate surface area is 75.0 Å². The Morgan fingerprint density at radius 1 is 1.15 bits per heavy atom. The molecule has 0 saturated heterocycles. The highest BCUT2D eigenvalue weighted by molar-refractivity contribution is 6.15. The smallest absolute Gasteiger partial charge is 0.192 e. The van der Waals surface area contributed by atoms with Crippen molar-refractivity contribution in [1.82, 2.24) is 0 Å². The molecule has 13 heavy (non-hydrogen) atoms. The zero-order chi connectivity index (χ0) is 9.42. The number of Topliss-reactive ketones (excluding diaryl/α,β-unsaturated/α-hetero) is 2. The molecule has 3 nitrogen and oxygen atoms in total. The fourth-order valence-electron chi connectivity index (χ4n) is 1.50. The average molecular weight is 176 g/mol. The van der Waals surface area contributed by atoms with Crippen LogP contribution in [-0.2, 0) is 0 Å². The van der Waals surface area contributed by atoms with Crippen LogP contribution in [0.15, 0.2) is 24.3 Å². The molecule has 2 rings (SSSR count). The molecule has 66 valence electrons. The lowest BCUT2D eigenvalue weighted by atomic mass is 9.88. The van der Waals surface area contributed by atoms with Crippen molar-refractivity contribution in [3.8, 4) is 0 Å². The van der Waals surface area contributed by atoms with Gasteiger partial charge in [0, 0.05) is 17.5 Å². The molecule has 1 atom stereocenters. The number of carbonyl (C=O) groups excluding carboxylic acids is 2. The van der Waals surface area contributed by atoms with Crippen molar-refractivity contribution in [2.45, 2.75) is 12.5 Å². The zero-order valence-electron chi connectivity index (χ0n) is 6.86. The van der Waals surface area contributed by atoms with Gasteiger partial charge in [-0.05, 0) is 0 Å². The fraction of sp³-hybridized carbons (Fsp3) is 0.200. The van der Waals surface area contributed by atoms with Crippen LogP contribution in [0.1, 0.15) is 27.1 Å². The molecule has 1 aromatic carbocycles. The molecule has 0 saturated carbocycles. The molecule has 0 unspecified atom stereocenters. The van der Waals surface area contributed by atoms with Crippen LogP contribution in [0.5, 0.6) is 0 Å². The van der Waals surface area contributed by atoms with Crippen LogP contribution in [0.2, 0.25) is 0 Å². The number of ketones is 2. The molecule has 1 aliphatic carbocycles. The van der Waals surface area contributed by atoms with Gasteiger partial charge in [-0.25, -0.2) is 0 Å². The van der Waals surface area contributed by atoms with Gasteiger partial charge in [0.2, 0.25) is 0 Å². The number of aliphatic hydroxyl groups is 1. The second-order valence-corrected chi connectivity index (χ2v) is 3.05. The second kappa shape index (κ2) is 2.78. The molecule has 1 aromatic rings.